The van der Waals surface area contributed by atoms with Crippen LogP contribution in [-0.4, -0.2) is 19.0 Å². The van der Waals surface area contributed by atoms with E-state index in [0.717, 1.165) is 0 Å². The van der Waals surface area contributed by atoms with E-state index in [2.05, 4.69) is 10.6 Å². The Hall–Kier alpha value is -0.770. The average Bonchev–Trinajstić information content (AvgIpc) is 2.26. The van der Waals surface area contributed by atoms with E-state index < -0.39 is 5.54 Å². The summed E-state index contributed by atoms with van der Waals surface area (Å²) in [5.74, 6) is -0.0806. The highest BCUT2D eigenvalue weighted by molar-refractivity contribution is 6.34. The smallest absolute Gasteiger partial charge is 0.244 e. The number of piperazine rings is 1. The zero-order chi connectivity index (χ0) is 11.8. The van der Waals surface area contributed by atoms with Crippen LogP contribution in [0.25, 0.3) is 0 Å². The van der Waals surface area contributed by atoms with Crippen LogP contribution >= 0.6 is 23.2 Å². The van der Waals surface area contributed by atoms with Crippen LogP contribution in [0.4, 0.5) is 0 Å². The molecule has 0 aliphatic carbocycles. The summed E-state index contributed by atoms with van der Waals surface area (Å²) < 4.78 is 0. The lowest BCUT2D eigenvalue weighted by Gasteiger charge is -2.34. The van der Waals surface area contributed by atoms with Gasteiger partial charge in [0.25, 0.3) is 0 Å². The van der Waals surface area contributed by atoms with Gasteiger partial charge >= 0.3 is 0 Å². The quantitative estimate of drug-likeness (QED) is 0.809. The number of carbonyl (C=O) groups excluding carboxylic acids is 1. The molecular formula is C11H12Cl2N2O. The van der Waals surface area contributed by atoms with Crippen molar-refractivity contribution >= 4 is 29.1 Å². The number of halogens is 2. The van der Waals surface area contributed by atoms with E-state index in [1.165, 1.54) is 0 Å². The second kappa shape index (κ2) is 4.24. The van der Waals surface area contributed by atoms with E-state index in [1.54, 1.807) is 25.1 Å². The van der Waals surface area contributed by atoms with Gasteiger partial charge in [0.05, 0.1) is 0 Å². The summed E-state index contributed by atoms with van der Waals surface area (Å²) in [7, 11) is 0. The predicted molar refractivity (Wildman–Crippen MR) is 64.8 cm³/mol. The summed E-state index contributed by atoms with van der Waals surface area (Å²) in [5, 5.41) is 7.10. The Kier molecular flexibility index (Phi) is 3.10. The lowest BCUT2D eigenvalue weighted by molar-refractivity contribution is -0.128. The molecular weight excluding hydrogens is 247 g/mol. The Labute approximate surface area is 104 Å². The van der Waals surface area contributed by atoms with Crippen LogP contribution in [0.3, 0.4) is 0 Å². The number of benzene rings is 1. The van der Waals surface area contributed by atoms with Gasteiger partial charge in [-0.2, -0.15) is 0 Å². The Morgan fingerprint density at radius 2 is 2.06 bits per heavy atom. The molecule has 1 aromatic rings. The molecule has 0 radical (unpaired) electrons. The zero-order valence-electron chi connectivity index (χ0n) is 8.81. The van der Waals surface area contributed by atoms with Crippen molar-refractivity contribution in [3.63, 3.8) is 0 Å². The molecule has 16 heavy (non-hydrogen) atoms. The van der Waals surface area contributed by atoms with Gasteiger partial charge in [0.1, 0.15) is 5.54 Å². The number of rotatable bonds is 1. The Balaban J connectivity index is 2.48. The molecule has 1 aromatic carbocycles. The first-order chi connectivity index (χ1) is 7.54. The van der Waals surface area contributed by atoms with Crippen molar-refractivity contribution < 1.29 is 4.79 Å². The van der Waals surface area contributed by atoms with E-state index in [-0.39, 0.29) is 5.91 Å². The molecule has 0 spiro atoms. The first kappa shape index (κ1) is 11.7. The second-order valence-corrected chi connectivity index (χ2v) is 4.78. The number of amides is 1. The largest absolute Gasteiger partial charge is 0.353 e. The van der Waals surface area contributed by atoms with Crippen LogP contribution < -0.4 is 10.6 Å². The molecule has 0 bridgehead atoms. The Bertz CT molecular complexity index is 436. The van der Waals surface area contributed by atoms with Gasteiger partial charge in [-0.15, -0.1) is 0 Å². The van der Waals surface area contributed by atoms with Crippen LogP contribution in [-0.2, 0) is 10.3 Å². The lowest BCUT2D eigenvalue weighted by Crippen LogP contribution is -2.59. The van der Waals surface area contributed by atoms with Crippen molar-refractivity contribution in [1.82, 2.24) is 10.6 Å². The fourth-order valence-electron chi connectivity index (χ4n) is 1.84. The van der Waals surface area contributed by atoms with Gasteiger partial charge in [-0.3, -0.25) is 10.1 Å². The van der Waals surface area contributed by atoms with Gasteiger partial charge in [-0.1, -0.05) is 23.2 Å². The minimum absolute atomic E-state index is 0.0806. The molecule has 1 amide bonds. The first-order valence-corrected chi connectivity index (χ1v) is 5.78. The van der Waals surface area contributed by atoms with Crippen LogP contribution in [0.5, 0.6) is 0 Å². The SMILES string of the molecule is CC1(c2cc(Cl)ccc2Cl)NCCNC1=O. The molecule has 86 valence electrons. The first-order valence-electron chi connectivity index (χ1n) is 5.03. The molecule has 2 N–H and O–H groups in total. The van der Waals surface area contributed by atoms with Gasteiger partial charge in [0.2, 0.25) is 5.91 Å². The topological polar surface area (TPSA) is 41.1 Å². The van der Waals surface area contributed by atoms with Crippen molar-refractivity contribution in [3.05, 3.63) is 33.8 Å². The van der Waals surface area contributed by atoms with Crippen molar-refractivity contribution in [2.24, 2.45) is 0 Å². The predicted octanol–water partition coefficient (Wildman–Crippen LogP) is 1.93. The fraction of sp³-hybridized carbons (Fsp3) is 0.364. The van der Waals surface area contributed by atoms with Crippen LogP contribution in [0.15, 0.2) is 18.2 Å². The maximum Gasteiger partial charge on any atom is 0.244 e. The summed E-state index contributed by atoms with van der Waals surface area (Å²) in [6.45, 7) is 3.15. The summed E-state index contributed by atoms with van der Waals surface area (Å²) in [5.41, 5.74) is -0.0980. The zero-order valence-corrected chi connectivity index (χ0v) is 10.3. The van der Waals surface area contributed by atoms with E-state index in [1.807, 2.05) is 0 Å². The molecule has 1 aliphatic heterocycles. The van der Waals surface area contributed by atoms with Crippen LogP contribution in [0.2, 0.25) is 10.0 Å². The molecule has 3 nitrogen and oxygen atoms in total. The molecule has 5 heteroatoms. The molecule has 1 heterocycles. The molecule has 0 aromatic heterocycles. The lowest BCUT2D eigenvalue weighted by atomic mass is 9.89. The van der Waals surface area contributed by atoms with Gasteiger partial charge in [0.15, 0.2) is 0 Å². The Morgan fingerprint density at radius 1 is 1.31 bits per heavy atom. The van der Waals surface area contributed by atoms with Crippen molar-refractivity contribution in [2.75, 3.05) is 13.1 Å². The Morgan fingerprint density at radius 3 is 2.75 bits per heavy atom. The van der Waals surface area contributed by atoms with Crippen molar-refractivity contribution in [3.8, 4) is 0 Å². The number of hydrogen-bond acceptors (Lipinski definition) is 2. The summed E-state index contributed by atoms with van der Waals surface area (Å²) in [6.07, 6.45) is 0. The highest BCUT2D eigenvalue weighted by Crippen LogP contribution is 2.31. The second-order valence-electron chi connectivity index (χ2n) is 3.93. The average molecular weight is 259 g/mol. The van der Waals surface area contributed by atoms with E-state index >= 15 is 0 Å². The summed E-state index contributed by atoms with van der Waals surface area (Å²) in [6, 6.07) is 5.13. The normalized spacial score (nSPS) is 25.3. The molecule has 1 aliphatic rings. The minimum atomic E-state index is -0.805. The van der Waals surface area contributed by atoms with E-state index in [4.69, 9.17) is 23.2 Å². The molecule has 1 fully saturated rings. The monoisotopic (exact) mass is 258 g/mol. The van der Waals surface area contributed by atoms with Gasteiger partial charge < -0.3 is 5.32 Å². The highest BCUT2D eigenvalue weighted by atomic mass is 35.5. The van der Waals surface area contributed by atoms with E-state index in [0.29, 0.717) is 28.7 Å². The third kappa shape index (κ3) is 1.90. The van der Waals surface area contributed by atoms with Gasteiger partial charge in [-0.25, -0.2) is 0 Å². The third-order valence-corrected chi connectivity index (χ3v) is 3.38. The van der Waals surface area contributed by atoms with Crippen LogP contribution in [0, 0.1) is 0 Å². The molecule has 1 atom stereocenters. The fourth-order valence-corrected chi connectivity index (χ4v) is 2.32. The standard InChI is InChI=1S/C11H12Cl2N2O/c1-11(10(16)14-4-5-15-11)8-6-7(12)2-3-9(8)13/h2-3,6,15H,4-5H2,1H3,(H,14,16). The van der Waals surface area contributed by atoms with Gasteiger partial charge in [0, 0.05) is 28.7 Å². The van der Waals surface area contributed by atoms with E-state index in [9.17, 15) is 4.79 Å². The highest BCUT2D eigenvalue weighted by Gasteiger charge is 2.38. The van der Waals surface area contributed by atoms with Crippen molar-refractivity contribution in [2.45, 2.75) is 12.5 Å². The third-order valence-electron chi connectivity index (χ3n) is 2.81. The maximum absolute atomic E-state index is 11.9. The molecule has 2 rings (SSSR count). The molecule has 0 saturated carbocycles. The van der Waals surface area contributed by atoms with Gasteiger partial charge in [-0.05, 0) is 25.1 Å². The number of carbonyl (C=O) groups is 1. The number of hydrogen-bond donors (Lipinski definition) is 2. The molecule has 1 unspecified atom stereocenters. The molecule has 1 saturated heterocycles. The van der Waals surface area contributed by atoms with Crippen molar-refractivity contribution in [1.29, 1.82) is 0 Å². The maximum atomic E-state index is 11.9. The van der Waals surface area contributed by atoms with Crippen LogP contribution in [0.1, 0.15) is 12.5 Å². The minimum Gasteiger partial charge on any atom is -0.353 e. The summed E-state index contributed by atoms with van der Waals surface area (Å²) in [4.78, 5) is 11.9. The number of nitrogens with one attached hydrogen (secondary N) is 2. The summed E-state index contributed by atoms with van der Waals surface area (Å²) >= 11 is 12.0.